The van der Waals surface area contributed by atoms with Crippen molar-refractivity contribution in [2.24, 2.45) is 0 Å². The minimum absolute atomic E-state index is 0.313. The van der Waals surface area contributed by atoms with E-state index >= 15 is 0 Å². The van der Waals surface area contributed by atoms with Gasteiger partial charge in [-0.3, -0.25) is 4.84 Å². The average Bonchev–Trinajstić information content (AvgIpc) is 2.15. The van der Waals surface area contributed by atoms with E-state index in [4.69, 9.17) is 5.11 Å². The van der Waals surface area contributed by atoms with Crippen molar-refractivity contribution in [3.05, 3.63) is 0 Å². The Bertz CT molecular complexity index is 109. The minimum atomic E-state index is -1.46. The van der Waals surface area contributed by atoms with Gasteiger partial charge in [-0.05, 0) is 0 Å². The smallest absolute Gasteiger partial charge is 0.448 e. The lowest BCUT2D eigenvalue weighted by Crippen LogP contribution is -2.20. The molecule has 1 N–H and O–H groups in total. The van der Waals surface area contributed by atoms with Gasteiger partial charge in [-0.1, -0.05) is 0 Å². The van der Waals surface area contributed by atoms with E-state index in [0.29, 0.717) is 18.6 Å². The third kappa shape index (κ3) is 1.84. The molecule has 0 aliphatic carbocycles. The van der Waals surface area contributed by atoms with Gasteiger partial charge < -0.3 is 5.11 Å². The van der Waals surface area contributed by atoms with Gasteiger partial charge in [0.2, 0.25) is 0 Å². The van der Waals surface area contributed by atoms with E-state index in [1.165, 1.54) is 0 Å². The number of carbonyl (C=O) groups is 1. The summed E-state index contributed by atoms with van der Waals surface area (Å²) in [6.45, 7) is 0.626. The first-order chi connectivity index (χ1) is 4.29. The second kappa shape index (κ2) is 2.62. The van der Waals surface area contributed by atoms with Crippen molar-refractivity contribution < 1.29 is 24.4 Å². The topological polar surface area (TPSA) is 68.2 Å². The molecule has 0 unspecified atom stereocenters. The highest BCUT2D eigenvalue weighted by atomic mass is 17.2. The molecule has 1 saturated heterocycles. The molecule has 0 atom stereocenters. The minimum Gasteiger partial charge on any atom is -0.448 e. The maximum atomic E-state index is 9.73. The van der Waals surface area contributed by atoms with E-state index in [1.807, 2.05) is 0 Å². The van der Waals surface area contributed by atoms with E-state index in [0.717, 1.165) is 0 Å². The lowest BCUT2D eigenvalue weighted by Gasteiger charge is -2.05. The second-order valence-electron chi connectivity index (χ2n) is 1.25. The van der Waals surface area contributed by atoms with Gasteiger partial charge >= 0.3 is 6.16 Å². The fraction of sp³-hybridized carbons (Fsp3) is 0.667. The van der Waals surface area contributed by atoms with Crippen LogP contribution in [0.5, 0.6) is 0 Å². The first-order valence-electron chi connectivity index (χ1n) is 2.26. The van der Waals surface area contributed by atoms with Gasteiger partial charge in [0, 0.05) is 0 Å². The predicted octanol–water partition coefficient (Wildman–Crippen LogP) is -0.225. The van der Waals surface area contributed by atoms with Crippen LogP contribution in [-0.4, -0.2) is 29.9 Å². The van der Waals surface area contributed by atoms with Crippen LogP contribution in [0.2, 0.25) is 0 Å². The Labute approximate surface area is 50.4 Å². The van der Waals surface area contributed by atoms with Gasteiger partial charge in [0.1, 0.15) is 18.6 Å². The average molecular weight is 135 g/mol. The van der Waals surface area contributed by atoms with Crippen LogP contribution < -0.4 is 0 Å². The zero-order chi connectivity index (χ0) is 6.69. The Hall–Kier alpha value is -0.850. The van der Waals surface area contributed by atoms with Gasteiger partial charge in [-0.15, -0.1) is 0 Å². The fourth-order valence-corrected chi connectivity index (χ4v) is 0.377. The van der Waals surface area contributed by atoms with E-state index in [-0.39, 0.29) is 0 Å². The molecule has 1 heterocycles. The van der Waals surface area contributed by atoms with Crippen molar-refractivity contribution in [1.29, 1.82) is 0 Å². The highest BCUT2D eigenvalue weighted by Gasteiger charge is 2.17. The number of hydrogen-bond acceptors (Lipinski definition) is 5. The Morgan fingerprint density at radius 1 is 1.56 bits per heavy atom. The summed E-state index contributed by atoms with van der Waals surface area (Å²) < 4.78 is 0. The van der Waals surface area contributed by atoms with E-state index in [1.54, 1.807) is 0 Å². The van der Waals surface area contributed by atoms with Gasteiger partial charge in [0.05, 0.1) is 0 Å². The summed E-state index contributed by atoms with van der Waals surface area (Å²) in [7, 11) is 0. The van der Waals surface area contributed by atoms with Crippen molar-refractivity contribution in [2.75, 3.05) is 13.2 Å². The van der Waals surface area contributed by atoms with Crippen molar-refractivity contribution >= 4 is 6.16 Å². The molecule has 1 rings (SSSR count). The second-order valence-corrected chi connectivity index (χ2v) is 1.25. The SMILES string of the molecule is O=C(O)ON1OCCO1. The van der Waals surface area contributed by atoms with Crippen LogP contribution in [0.4, 0.5) is 4.79 Å². The predicted molar refractivity (Wildman–Crippen MR) is 22.9 cm³/mol. The summed E-state index contributed by atoms with van der Waals surface area (Å²) in [6.07, 6.45) is -1.46. The molecule has 1 aliphatic rings. The number of rotatable bonds is 1. The molecule has 0 aromatic rings. The highest BCUT2D eigenvalue weighted by molar-refractivity contribution is 5.56. The van der Waals surface area contributed by atoms with Gasteiger partial charge in [0.15, 0.2) is 0 Å². The third-order valence-electron chi connectivity index (χ3n) is 0.629. The molecule has 52 valence electrons. The molecule has 0 saturated carbocycles. The van der Waals surface area contributed by atoms with Crippen LogP contribution >= 0.6 is 0 Å². The van der Waals surface area contributed by atoms with Crippen molar-refractivity contribution in [2.45, 2.75) is 0 Å². The summed E-state index contributed by atoms with van der Waals surface area (Å²) in [5.74, 6) is 0. The van der Waals surface area contributed by atoms with Crippen LogP contribution in [0, 0.1) is 0 Å². The maximum absolute atomic E-state index is 9.73. The highest BCUT2D eigenvalue weighted by Crippen LogP contribution is 2.01. The van der Waals surface area contributed by atoms with E-state index in [9.17, 15) is 4.79 Å². The standard InChI is InChI=1S/C3H5NO5/c5-3(6)9-4-7-1-2-8-4/h1-2H2,(H,5,6). The maximum Gasteiger partial charge on any atom is 0.529 e. The summed E-state index contributed by atoms with van der Waals surface area (Å²) >= 11 is 0. The van der Waals surface area contributed by atoms with Crippen molar-refractivity contribution in [3.8, 4) is 0 Å². The molecule has 1 fully saturated rings. The molecule has 0 bridgehead atoms. The first kappa shape index (κ1) is 6.27. The monoisotopic (exact) mass is 135 g/mol. The largest absolute Gasteiger partial charge is 0.529 e. The zero-order valence-corrected chi connectivity index (χ0v) is 4.44. The van der Waals surface area contributed by atoms with Crippen molar-refractivity contribution in [1.82, 2.24) is 5.39 Å². The van der Waals surface area contributed by atoms with Gasteiger partial charge in [-0.25, -0.2) is 14.5 Å². The molecular formula is C3H5NO5. The van der Waals surface area contributed by atoms with Crippen LogP contribution in [0.15, 0.2) is 0 Å². The molecule has 9 heavy (non-hydrogen) atoms. The van der Waals surface area contributed by atoms with E-state index in [2.05, 4.69) is 14.5 Å². The molecule has 1 aliphatic heterocycles. The van der Waals surface area contributed by atoms with Crippen molar-refractivity contribution in [3.63, 3.8) is 0 Å². The lowest BCUT2D eigenvalue weighted by molar-refractivity contribution is -0.458. The van der Waals surface area contributed by atoms with E-state index < -0.39 is 6.16 Å². The molecule has 0 aromatic heterocycles. The summed E-state index contributed by atoms with van der Waals surface area (Å²) in [4.78, 5) is 22.6. The van der Waals surface area contributed by atoms with Crippen LogP contribution in [-0.2, 0) is 14.5 Å². The molecular weight excluding hydrogens is 130 g/mol. The lowest BCUT2D eigenvalue weighted by atomic mass is 10.8. The Morgan fingerprint density at radius 2 is 2.11 bits per heavy atom. The number of carboxylic acid groups (broad SMARTS) is 1. The molecule has 0 spiro atoms. The third-order valence-corrected chi connectivity index (χ3v) is 0.629. The molecule has 6 heteroatoms. The molecule has 0 radical (unpaired) electrons. The van der Waals surface area contributed by atoms with Crippen LogP contribution in [0.1, 0.15) is 0 Å². The summed E-state index contributed by atoms with van der Waals surface area (Å²) in [5, 5.41) is 8.41. The first-order valence-corrected chi connectivity index (χ1v) is 2.26. The normalized spacial score (nSPS) is 20.0. The number of hydrogen-bond donors (Lipinski definition) is 1. The number of nitrogens with zero attached hydrogens (tertiary/aromatic N) is 1. The van der Waals surface area contributed by atoms with Gasteiger partial charge in [-0.2, -0.15) is 0 Å². The molecule has 6 nitrogen and oxygen atoms in total. The summed E-state index contributed by atoms with van der Waals surface area (Å²) in [5.41, 5.74) is 0. The molecule has 0 aromatic carbocycles. The Balaban J connectivity index is 2.19. The quantitative estimate of drug-likeness (QED) is 0.535. The summed E-state index contributed by atoms with van der Waals surface area (Å²) in [6, 6.07) is 0. The van der Waals surface area contributed by atoms with Crippen LogP contribution in [0.25, 0.3) is 0 Å². The van der Waals surface area contributed by atoms with Crippen LogP contribution in [0.3, 0.4) is 0 Å². The van der Waals surface area contributed by atoms with Gasteiger partial charge in [0.25, 0.3) is 0 Å². The fourth-order valence-electron chi connectivity index (χ4n) is 0.377. The zero-order valence-electron chi connectivity index (χ0n) is 4.44. The Kier molecular flexibility index (Phi) is 1.83. The Morgan fingerprint density at radius 3 is 2.56 bits per heavy atom. The molecule has 0 amide bonds.